The summed E-state index contributed by atoms with van der Waals surface area (Å²) in [6.07, 6.45) is 3.36. The van der Waals surface area contributed by atoms with E-state index in [2.05, 4.69) is 6.58 Å². The summed E-state index contributed by atoms with van der Waals surface area (Å²) in [7, 11) is 0. The molecule has 10 heavy (non-hydrogen) atoms. The quantitative estimate of drug-likeness (QED) is 0.538. The molecular formula is C8H12O2. The molecule has 2 nitrogen and oxygen atoms in total. The van der Waals surface area contributed by atoms with Crippen LogP contribution < -0.4 is 0 Å². The van der Waals surface area contributed by atoms with Crippen molar-refractivity contribution in [3.05, 3.63) is 12.7 Å². The Balaban J connectivity index is 2.38. The standard InChI is InChI=1S/C8H12O2/c1-2-8(9)7-4-3-5-10-6-7/h2,7H,1,3-6H2. The van der Waals surface area contributed by atoms with Gasteiger partial charge in [0.1, 0.15) is 0 Å². The predicted octanol–water partition coefficient (Wildman–Crippen LogP) is 1.17. The molecule has 56 valence electrons. The van der Waals surface area contributed by atoms with E-state index in [9.17, 15) is 4.79 Å². The third kappa shape index (κ3) is 1.67. The lowest BCUT2D eigenvalue weighted by Gasteiger charge is -2.18. The van der Waals surface area contributed by atoms with Crippen molar-refractivity contribution in [1.82, 2.24) is 0 Å². The second kappa shape index (κ2) is 3.52. The van der Waals surface area contributed by atoms with Crippen LogP contribution in [-0.4, -0.2) is 19.0 Å². The highest BCUT2D eigenvalue weighted by Crippen LogP contribution is 2.14. The van der Waals surface area contributed by atoms with Gasteiger partial charge in [-0.05, 0) is 18.9 Å². The van der Waals surface area contributed by atoms with Gasteiger partial charge in [0.2, 0.25) is 0 Å². The van der Waals surface area contributed by atoms with Gasteiger partial charge in [-0.2, -0.15) is 0 Å². The lowest BCUT2D eigenvalue weighted by molar-refractivity contribution is -0.121. The first-order valence-corrected chi connectivity index (χ1v) is 3.58. The van der Waals surface area contributed by atoms with Crippen LogP contribution in [0.15, 0.2) is 12.7 Å². The van der Waals surface area contributed by atoms with E-state index >= 15 is 0 Å². The van der Waals surface area contributed by atoms with E-state index in [4.69, 9.17) is 4.74 Å². The number of hydrogen-bond acceptors (Lipinski definition) is 2. The Morgan fingerprint density at radius 2 is 2.50 bits per heavy atom. The van der Waals surface area contributed by atoms with E-state index in [1.165, 1.54) is 6.08 Å². The van der Waals surface area contributed by atoms with Crippen LogP contribution in [0.2, 0.25) is 0 Å². The van der Waals surface area contributed by atoms with Crippen molar-refractivity contribution >= 4 is 5.78 Å². The van der Waals surface area contributed by atoms with Gasteiger partial charge >= 0.3 is 0 Å². The first-order chi connectivity index (χ1) is 4.84. The highest BCUT2D eigenvalue weighted by molar-refractivity contribution is 5.91. The van der Waals surface area contributed by atoms with Crippen LogP contribution >= 0.6 is 0 Å². The Morgan fingerprint density at radius 1 is 1.70 bits per heavy atom. The summed E-state index contributed by atoms with van der Waals surface area (Å²) in [4.78, 5) is 11.0. The summed E-state index contributed by atoms with van der Waals surface area (Å²) in [6.45, 7) is 4.83. The maximum Gasteiger partial charge on any atom is 0.160 e. The molecule has 1 aliphatic heterocycles. The molecule has 1 saturated heterocycles. The summed E-state index contributed by atoms with van der Waals surface area (Å²) in [5, 5.41) is 0. The normalized spacial score (nSPS) is 25.8. The average molecular weight is 140 g/mol. The Morgan fingerprint density at radius 3 is 3.00 bits per heavy atom. The molecule has 0 amide bonds. The minimum absolute atomic E-state index is 0.0891. The number of carbonyl (C=O) groups excluding carboxylic acids is 1. The topological polar surface area (TPSA) is 26.3 Å². The molecule has 0 bridgehead atoms. The second-order valence-corrected chi connectivity index (χ2v) is 2.52. The van der Waals surface area contributed by atoms with Crippen molar-refractivity contribution in [2.75, 3.05) is 13.2 Å². The van der Waals surface area contributed by atoms with E-state index in [1.54, 1.807) is 0 Å². The van der Waals surface area contributed by atoms with Gasteiger partial charge in [-0.25, -0.2) is 0 Å². The number of allylic oxidation sites excluding steroid dienone is 1. The highest BCUT2D eigenvalue weighted by Gasteiger charge is 2.18. The van der Waals surface area contributed by atoms with Gasteiger partial charge in [-0.1, -0.05) is 6.58 Å². The maximum absolute atomic E-state index is 11.0. The SMILES string of the molecule is C=CC(=O)C1CCCOC1. The van der Waals surface area contributed by atoms with Crippen LogP contribution in [0, 0.1) is 5.92 Å². The van der Waals surface area contributed by atoms with Crippen molar-refractivity contribution < 1.29 is 9.53 Å². The first kappa shape index (κ1) is 7.48. The molecule has 0 spiro atoms. The molecule has 1 atom stereocenters. The fourth-order valence-electron chi connectivity index (χ4n) is 1.13. The Kier molecular flexibility index (Phi) is 2.63. The molecule has 0 radical (unpaired) electrons. The van der Waals surface area contributed by atoms with Crippen molar-refractivity contribution in [1.29, 1.82) is 0 Å². The average Bonchev–Trinajstić information content (AvgIpc) is 2.05. The molecule has 0 aliphatic carbocycles. The Hall–Kier alpha value is -0.630. The van der Waals surface area contributed by atoms with Gasteiger partial charge in [-0.15, -0.1) is 0 Å². The van der Waals surface area contributed by atoms with Crippen LogP contribution in [-0.2, 0) is 9.53 Å². The molecule has 2 heteroatoms. The molecule has 1 aliphatic rings. The third-order valence-corrected chi connectivity index (χ3v) is 1.76. The summed E-state index contributed by atoms with van der Waals surface area (Å²) in [6, 6.07) is 0. The fourth-order valence-corrected chi connectivity index (χ4v) is 1.13. The molecule has 0 saturated carbocycles. The first-order valence-electron chi connectivity index (χ1n) is 3.58. The van der Waals surface area contributed by atoms with Gasteiger partial charge in [-0.3, -0.25) is 4.79 Å². The van der Waals surface area contributed by atoms with Crippen LogP contribution in [0.25, 0.3) is 0 Å². The zero-order valence-electron chi connectivity index (χ0n) is 6.01. The number of ketones is 1. The maximum atomic E-state index is 11.0. The summed E-state index contributed by atoms with van der Waals surface area (Å²) in [5.74, 6) is 0.214. The predicted molar refractivity (Wildman–Crippen MR) is 38.7 cm³/mol. The number of carbonyl (C=O) groups is 1. The van der Waals surface area contributed by atoms with E-state index in [-0.39, 0.29) is 11.7 Å². The summed E-state index contributed by atoms with van der Waals surface area (Å²) < 4.78 is 5.14. The van der Waals surface area contributed by atoms with Gasteiger partial charge in [0.15, 0.2) is 5.78 Å². The molecule has 1 rings (SSSR count). The smallest absolute Gasteiger partial charge is 0.160 e. The summed E-state index contributed by atoms with van der Waals surface area (Å²) >= 11 is 0. The molecule has 0 aromatic carbocycles. The zero-order chi connectivity index (χ0) is 7.40. The van der Waals surface area contributed by atoms with Gasteiger partial charge in [0.25, 0.3) is 0 Å². The van der Waals surface area contributed by atoms with Crippen molar-refractivity contribution in [3.63, 3.8) is 0 Å². The zero-order valence-corrected chi connectivity index (χ0v) is 6.01. The molecule has 0 aromatic heterocycles. The van der Waals surface area contributed by atoms with Crippen LogP contribution in [0.5, 0.6) is 0 Å². The second-order valence-electron chi connectivity index (χ2n) is 2.52. The molecule has 1 unspecified atom stereocenters. The van der Waals surface area contributed by atoms with Crippen molar-refractivity contribution in [3.8, 4) is 0 Å². The molecule has 0 aromatic rings. The van der Waals surface area contributed by atoms with Gasteiger partial charge < -0.3 is 4.74 Å². The van der Waals surface area contributed by atoms with E-state index in [0.29, 0.717) is 6.61 Å². The summed E-state index contributed by atoms with van der Waals surface area (Å²) in [5.41, 5.74) is 0. The minimum atomic E-state index is 0.0891. The number of rotatable bonds is 2. The van der Waals surface area contributed by atoms with E-state index in [1.807, 2.05) is 0 Å². The van der Waals surface area contributed by atoms with E-state index in [0.717, 1.165) is 19.4 Å². The highest BCUT2D eigenvalue weighted by atomic mass is 16.5. The fraction of sp³-hybridized carbons (Fsp3) is 0.625. The van der Waals surface area contributed by atoms with Crippen LogP contribution in [0.3, 0.4) is 0 Å². The van der Waals surface area contributed by atoms with Gasteiger partial charge in [0, 0.05) is 12.5 Å². The van der Waals surface area contributed by atoms with Crippen molar-refractivity contribution in [2.45, 2.75) is 12.8 Å². The number of ether oxygens (including phenoxy) is 1. The van der Waals surface area contributed by atoms with Gasteiger partial charge in [0.05, 0.1) is 6.61 Å². The minimum Gasteiger partial charge on any atom is -0.381 e. The van der Waals surface area contributed by atoms with Crippen LogP contribution in [0.1, 0.15) is 12.8 Å². The van der Waals surface area contributed by atoms with Crippen LogP contribution in [0.4, 0.5) is 0 Å². The Labute approximate surface area is 60.9 Å². The van der Waals surface area contributed by atoms with E-state index < -0.39 is 0 Å². The lowest BCUT2D eigenvalue weighted by atomic mass is 9.98. The van der Waals surface area contributed by atoms with Crippen molar-refractivity contribution in [2.24, 2.45) is 5.92 Å². The largest absolute Gasteiger partial charge is 0.381 e. The molecular weight excluding hydrogens is 128 g/mol. The number of hydrogen-bond donors (Lipinski definition) is 0. The Bertz CT molecular complexity index is 134. The molecule has 1 fully saturated rings. The molecule has 0 N–H and O–H groups in total. The monoisotopic (exact) mass is 140 g/mol. The molecule has 1 heterocycles. The third-order valence-electron chi connectivity index (χ3n) is 1.76. The lowest BCUT2D eigenvalue weighted by Crippen LogP contribution is -2.23.